The number of hydrogen-bond acceptors (Lipinski definition) is 6. The molecule has 1 aromatic heterocycles. The van der Waals surface area contributed by atoms with Crippen molar-refractivity contribution in [2.45, 2.75) is 32.7 Å². The van der Waals surface area contributed by atoms with E-state index >= 15 is 0 Å². The first-order valence-electron chi connectivity index (χ1n) is 9.08. The molecule has 1 unspecified atom stereocenters. The van der Waals surface area contributed by atoms with Gasteiger partial charge in [-0.3, -0.25) is 4.79 Å². The van der Waals surface area contributed by atoms with Crippen LogP contribution in [0.3, 0.4) is 0 Å². The van der Waals surface area contributed by atoms with Crippen molar-refractivity contribution in [3.05, 3.63) is 27.8 Å². The monoisotopic (exact) mass is 469 g/mol. The van der Waals surface area contributed by atoms with Crippen molar-refractivity contribution in [1.29, 1.82) is 0 Å². The van der Waals surface area contributed by atoms with Crippen molar-refractivity contribution >= 4 is 28.6 Å². The second kappa shape index (κ2) is 9.40. The van der Waals surface area contributed by atoms with E-state index in [1.165, 1.54) is 0 Å². The molecule has 26 heavy (non-hydrogen) atoms. The standard InChI is InChI=1S/C18H24IN5O2/c1-2-26-18(25)15-7-4-9-23(13-15)10-5-11-24-21-17(20-22-24)14-6-3-8-16(19)12-14/h3,6,8,12,15H,2,4-5,7,9-11,13H2,1H3. The first-order chi connectivity index (χ1) is 12.7. The van der Waals surface area contributed by atoms with Crippen LogP contribution in [0.5, 0.6) is 0 Å². The molecule has 3 rings (SSSR count). The number of aryl methyl sites for hydroxylation is 1. The fourth-order valence-corrected chi connectivity index (χ4v) is 3.77. The van der Waals surface area contributed by atoms with Gasteiger partial charge in [-0.15, -0.1) is 10.2 Å². The maximum atomic E-state index is 11.9. The van der Waals surface area contributed by atoms with Gasteiger partial charge in [0, 0.05) is 15.7 Å². The van der Waals surface area contributed by atoms with Gasteiger partial charge < -0.3 is 9.64 Å². The molecule has 1 saturated heterocycles. The highest BCUT2D eigenvalue weighted by atomic mass is 127. The summed E-state index contributed by atoms with van der Waals surface area (Å²) in [6.07, 6.45) is 2.90. The van der Waals surface area contributed by atoms with E-state index in [4.69, 9.17) is 4.74 Å². The molecule has 0 amide bonds. The largest absolute Gasteiger partial charge is 0.466 e. The van der Waals surface area contributed by atoms with E-state index < -0.39 is 0 Å². The smallest absolute Gasteiger partial charge is 0.310 e. The molecule has 140 valence electrons. The van der Waals surface area contributed by atoms with E-state index in [0.29, 0.717) is 12.4 Å². The van der Waals surface area contributed by atoms with Gasteiger partial charge in [0.1, 0.15) is 0 Å². The first-order valence-corrected chi connectivity index (χ1v) is 10.2. The number of carbonyl (C=O) groups is 1. The van der Waals surface area contributed by atoms with Crippen LogP contribution in [-0.4, -0.2) is 57.3 Å². The van der Waals surface area contributed by atoms with Crippen LogP contribution in [0, 0.1) is 9.49 Å². The second-order valence-electron chi connectivity index (χ2n) is 6.46. The average molecular weight is 469 g/mol. The van der Waals surface area contributed by atoms with Gasteiger partial charge in [-0.05, 0) is 79.2 Å². The number of tetrazole rings is 1. The van der Waals surface area contributed by atoms with Gasteiger partial charge in [0.15, 0.2) is 0 Å². The van der Waals surface area contributed by atoms with Crippen molar-refractivity contribution in [1.82, 2.24) is 25.1 Å². The fraction of sp³-hybridized carbons (Fsp3) is 0.556. The Labute approximate surface area is 167 Å². The predicted molar refractivity (Wildman–Crippen MR) is 106 cm³/mol. The van der Waals surface area contributed by atoms with Crippen LogP contribution >= 0.6 is 22.6 Å². The quantitative estimate of drug-likeness (QED) is 0.459. The van der Waals surface area contributed by atoms with Gasteiger partial charge in [0.25, 0.3) is 0 Å². The molecule has 0 saturated carbocycles. The summed E-state index contributed by atoms with van der Waals surface area (Å²) < 4.78 is 6.31. The summed E-state index contributed by atoms with van der Waals surface area (Å²) in [7, 11) is 0. The van der Waals surface area contributed by atoms with Crippen LogP contribution in [0.1, 0.15) is 26.2 Å². The van der Waals surface area contributed by atoms with Crippen LogP contribution in [0.25, 0.3) is 11.4 Å². The molecule has 0 aliphatic carbocycles. The second-order valence-corrected chi connectivity index (χ2v) is 7.71. The number of ether oxygens (including phenoxy) is 1. The topological polar surface area (TPSA) is 73.1 Å². The minimum absolute atomic E-state index is 0.0142. The minimum Gasteiger partial charge on any atom is -0.466 e. The SMILES string of the molecule is CCOC(=O)C1CCCN(CCCn2nnc(-c3cccc(I)c3)n2)C1. The third-order valence-electron chi connectivity index (χ3n) is 4.49. The molecule has 1 aliphatic heterocycles. The maximum absolute atomic E-state index is 11.9. The summed E-state index contributed by atoms with van der Waals surface area (Å²) >= 11 is 2.28. The van der Waals surface area contributed by atoms with Crippen molar-refractivity contribution in [2.24, 2.45) is 5.92 Å². The third kappa shape index (κ3) is 5.23. The van der Waals surface area contributed by atoms with Gasteiger partial charge in [-0.1, -0.05) is 12.1 Å². The van der Waals surface area contributed by atoms with E-state index in [1.54, 1.807) is 4.80 Å². The molecule has 1 aliphatic rings. The number of hydrogen-bond donors (Lipinski definition) is 0. The summed E-state index contributed by atoms with van der Waals surface area (Å²) in [5.74, 6) is 0.612. The number of esters is 1. The Morgan fingerprint density at radius 3 is 3.08 bits per heavy atom. The number of rotatable bonds is 7. The van der Waals surface area contributed by atoms with Crippen molar-refractivity contribution in [3.63, 3.8) is 0 Å². The molecule has 0 N–H and O–H groups in total. The number of halogens is 1. The zero-order valence-electron chi connectivity index (χ0n) is 15.0. The van der Waals surface area contributed by atoms with Crippen molar-refractivity contribution in [3.8, 4) is 11.4 Å². The van der Waals surface area contributed by atoms with Crippen LogP contribution in [0.4, 0.5) is 0 Å². The molecular weight excluding hydrogens is 445 g/mol. The van der Waals surface area contributed by atoms with Crippen LogP contribution in [-0.2, 0) is 16.1 Å². The zero-order valence-corrected chi connectivity index (χ0v) is 17.1. The highest BCUT2D eigenvalue weighted by Gasteiger charge is 2.26. The Balaban J connectivity index is 1.47. The molecule has 0 spiro atoms. The first kappa shape index (κ1) is 19.2. The lowest BCUT2D eigenvalue weighted by atomic mass is 9.98. The van der Waals surface area contributed by atoms with E-state index in [1.807, 2.05) is 31.2 Å². The molecule has 8 heteroatoms. The number of piperidine rings is 1. The molecule has 7 nitrogen and oxygen atoms in total. The Kier molecular flexibility index (Phi) is 6.95. The van der Waals surface area contributed by atoms with Gasteiger partial charge in [0.2, 0.25) is 5.82 Å². The Morgan fingerprint density at radius 1 is 1.38 bits per heavy atom. The predicted octanol–water partition coefficient (Wildman–Crippen LogP) is 2.61. The van der Waals surface area contributed by atoms with E-state index in [2.05, 4.69) is 42.9 Å². The van der Waals surface area contributed by atoms with Crippen molar-refractivity contribution in [2.75, 3.05) is 26.2 Å². The van der Waals surface area contributed by atoms with Crippen LogP contribution in [0.2, 0.25) is 0 Å². The zero-order chi connectivity index (χ0) is 18.4. The molecule has 1 atom stereocenters. The summed E-state index contributed by atoms with van der Waals surface area (Å²) in [5, 5.41) is 12.8. The third-order valence-corrected chi connectivity index (χ3v) is 5.16. The molecule has 1 aromatic carbocycles. The summed E-state index contributed by atoms with van der Waals surface area (Å²) in [5.41, 5.74) is 0.983. The van der Waals surface area contributed by atoms with Gasteiger partial charge in [-0.2, -0.15) is 4.80 Å². The molecule has 0 bridgehead atoms. The number of aromatic nitrogens is 4. The highest BCUT2D eigenvalue weighted by Crippen LogP contribution is 2.19. The van der Waals surface area contributed by atoms with Gasteiger partial charge >= 0.3 is 5.97 Å². The van der Waals surface area contributed by atoms with Crippen LogP contribution < -0.4 is 0 Å². The lowest BCUT2D eigenvalue weighted by Gasteiger charge is -2.31. The summed E-state index contributed by atoms with van der Waals surface area (Å²) in [6.45, 7) is 5.78. The van der Waals surface area contributed by atoms with Gasteiger partial charge in [0.05, 0.1) is 19.1 Å². The molecular formula is C18H24IN5O2. The molecule has 0 radical (unpaired) electrons. The lowest BCUT2D eigenvalue weighted by Crippen LogP contribution is -2.40. The van der Waals surface area contributed by atoms with E-state index in [-0.39, 0.29) is 11.9 Å². The average Bonchev–Trinajstić information content (AvgIpc) is 3.11. The lowest BCUT2D eigenvalue weighted by molar-refractivity contribution is -0.149. The number of nitrogens with zero attached hydrogens (tertiary/aromatic N) is 5. The summed E-state index contributed by atoms with van der Waals surface area (Å²) in [6, 6.07) is 8.07. The number of carbonyl (C=O) groups excluding carboxylic acids is 1. The van der Waals surface area contributed by atoms with Crippen molar-refractivity contribution < 1.29 is 9.53 Å². The Morgan fingerprint density at radius 2 is 2.27 bits per heavy atom. The van der Waals surface area contributed by atoms with Crippen LogP contribution in [0.15, 0.2) is 24.3 Å². The fourth-order valence-electron chi connectivity index (χ4n) is 3.23. The van der Waals surface area contributed by atoms with E-state index in [9.17, 15) is 4.79 Å². The number of likely N-dealkylation sites (tertiary alicyclic amines) is 1. The Hall–Kier alpha value is -1.55. The normalized spacial score (nSPS) is 18.0. The molecule has 1 fully saturated rings. The molecule has 2 aromatic rings. The van der Waals surface area contributed by atoms with Gasteiger partial charge in [-0.25, -0.2) is 0 Å². The molecule has 2 heterocycles. The number of benzene rings is 1. The maximum Gasteiger partial charge on any atom is 0.310 e. The highest BCUT2D eigenvalue weighted by molar-refractivity contribution is 14.1. The summed E-state index contributed by atoms with van der Waals surface area (Å²) in [4.78, 5) is 15.9. The van der Waals surface area contributed by atoms with E-state index in [0.717, 1.165) is 54.6 Å². The Bertz CT molecular complexity index is 736. The minimum atomic E-state index is -0.0581.